The van der Waals surface area contributed by atoms with E-state index in [2.05, 4.69) is 6.07 Å². The second kappa shape index (κ2) is 2.33. The van der Waals surface area contributed by atoms with Gasteiger partial charge in [0.1, 0.15) is 0 Å². The molecule has 1 fully saturated rings. The van der Waals surface area contributed by atoms with Crippen molar-refractivity contribution in [3.8, 4) is 6.07 Å². The summed E-state index contributed by atoms with van der Waals surface area (Å²) in [4.78, 5) is 0. The molecule has 12 heavy (non-hydrogen) atoms. The molecule has 2 heteroatoms. The van der Waals surface area contributed by atoms with Gasteiger partial charge in [-0.25, -0.2) is 0 Å². The fourth-order valence-electron chi connectivity index (χ4n) is 1.42. The van der Waals surface area contributed by atoms with E-state index >= 15 is 0 Å². The Hall–Kier alpha value is -1.33. The molecule has 2 N–H and O–H groups in total. The van der Waals surface area contributed by atoms with Gasteiger partial charge in [0.15, 0.2) is 0 Å². The molecule has 1 aromatic carbocycles. The standard InChI is InChI=1S/C10H10N2/c11-7-8-3-1-2-4-9(8)10(12)5-6-10/h1-4H,5-6,12H2. The van der Waals surface area contributed by atoms with E-state index in [1.54, 1.807) is 0 Å². The number of hydrogen-bond acceptors (Lipinski definition) is 2. The zero-order valence-electron chi connectivity index (χ0n) is 6.75. The van der Waals surface area contributed by atoms with E-state index in [4.69, 9.17) is 11.0 Å². The molecule has 2 nitrogen and oxygen atoms in total. The summed E-state index contributed by atoms with van der Waals surface area (Å²) in [6, 6.07) is 9.74. The SMILES string of the molecule is N#Cc1ccccc1C1(N)CC1. The van der Waals surface area contributed by atoms with Gasteiger partial charge in [-0.05, 0) is 24.5 Å². The minimum Gasteiger partial charge on any atom is -0.321 e. The number of nitrogens with two attached hydrogens (primary N) is 1. The van der Waals surface area contributed by atoms with Crippen molar-refractivity contribution in [3.63, 3.8) is 0 Å². The summed E-state index contributed by atoms with van der Waals surface area (Å²) in [5.74, 6) is 0. The van der Waals surface area contributed by atoms with Gasteiger partial charge in [-0.3, -0.25) is 0 Å². The predicted molar refractivity (Wildman–Crippen MR) is 46.3 cm³/mol. The topological polar surface area (TPSA) is 49.8 Å². The first-order valence-corrected chi connectivity index (χ1v) is 4.05. The first-order chi connectivity index (χ1) is 5.76. The number of hydrogen-bond donors (Lipinski definition) is 1. The highest BCUT2D eigenvalue weighted by atomic mass is 14.8. The van der Waals surface area contributed by atoms with Crippen LogP contribution in [-0.4, -0.2) is 0 Å². The summed E-state index contributed by atoms with van der Waals surface area (Å²) in [6.45, 7) is 0. The maximum absolute atomic E-state index is 8.80. The van der Waals surface area contributed by atoms with E-state index < -0.39 is 0 Å². The Morgan fingerprint density at radius 1 is 1.33 bits per heavy atom. The van der Waals surface area contributed by atoms with E-state index in [1.165, 1.54) is 0 Å². The third-order valence-electron chi connectivity index (χ3n) is 2.37. The molecule has 1 saturated carbocycles. The number of nitriles is 1. The highest BCUT2D eigenvalue weighted by Gasteiger charge is 2.41. The van der Waals surface area contributed by atoms with Crippen molar-refractivity contribution < 1.29 is 0 Å². The summed E-state index contributed by atoms with van der Waals surface area (Å²) in [7, 11) is 0. The van der Waals surface area contributed by atoms with Gasteiger partial charge in [0.2, 0.25) is 0 Å². The Labute approximate surface area is 71.6 Å². The Morgan fingerprint density at radius 2 is 2.00 bits per heavy atom. The molecule has 0 heterocycles. The molecule has 60 valence electrons. The molecule has 0 aromatic heterocycles. The third kappa shape index (κ3) is 0.992. The molecule has 0 spiro atoms. The molecule has 0 saturated heterocycles. The minimum atomic E-state index is -0.188. The molecular weight excluding hydrogens is 148 g/mol. The zero-order chi connectivity index (χ0) is 8.60. The third-order valence-corrected chi connectivity index (χ3v) is 2.37. The lowest BCUT2D eigenvalue weighted by Crippen LogP contribution is -2.19. The molecule has 0 amide bonds. The van der Waals surface area contributed by atoms with Crippen molar-refractivity contribution in [2.75, 3.05) is 0 Å². The fraction of sp³-hybridized carbons (Fsp3) is 0.300. The molecule has 1 aliphatic carbocycles. The van der Waals surface area contributed by atoms with Gasteiger partial charge >= 0.3 is 0 Å². The van der Waals surface area contributed by atoms with Gasteiger partial charge in [-0.1, -0.05) is 18.2 Å². The summed E-state index contributed by atoms with van der Waals surface area (Å²) in [5.41, 5.74) is 7.53. The van der Waals surface area contributed by atoms with Crippen molar-refractivity contribution in [1.29, 1.82) is 5.26 Å². The van der Waals surface area contributed by atoms with E-state index in [0.717, 1.165) is 24.0 Å². The lowest BCUT2D eigenvalue weighted by molar-refractivity contribution is 0.737. The Bertz CT molecular complexity index is 345. The zero-order valence-corrected chi connectivity index (χ0v) is 6.75. The second-order valence-electron chi connectivity index (χ2n) is 3.31. The maximum atomic E-state index is 8.80. The van der Waals surface area contributed by atoms with Crippen molar-refractivity contribution in [2.45, 2.75) is 18.4 Å². The van der Waals surface area contributed by atoms with Gasteiger partial charge in [-0.15, -0.1) is 0 Å². The first-order valence-electron chi connectivity index (χ1n) is 4.05. The highest BCUT2D eigenvalue weighted by Crippen LogP contribution is 2.43. The normalized spacial score (nSPS) is 18.3. The number of nitrogens with zero attached hydrogens (tertiary/aromatic N) is 1. The van der Waals surface area contributed by atoms with Gasteiger partial charge in [0.25, 0.3) is 0 Å². The van der Waals surface area contributed by atoms with Gasteiger partial charge in [0.05, 0.1) is 11.6 Å². The van der Waals surface area contributed by atoms with Crippen LogP contribution in [0.3, 0.4) is 0 Å². The molecule has 0 aliphatic heterocycles. The molecule has 1 aromatic rings. The van der Waals surface area contributed by atoms with Crippen molar-refractivity contribution in [2.24, 2.45) is 5.73 Å². The molecule has 2 rings (SSSR count). The minimum absolute atomic E-state index is 0.188. The summed E-state index contributed by atoms with van der Waals surface area (Å²) >= 11 is 0. The second-order valence-corrected chi connectivity index (χ2v) is 3.31. The van der Waals surface area contributed by atoms with E-state index in [-0.39, 0.29) is 5.54 Å². The Morgan fingerprint density at radius 3 is 2.58 bits per heavy atom. The van der Waals surface area contributed by atoms with Gasteiger partial charge in [-0.2, -0.15) is 5.26 Å². The van der Waals surface area contributed by atoms with Crippen LogP contribution in [0.2, 0.25) is 0 Å². The van der Waals surface area contributed by atoms with Crippen LogP contribution in [0.5, 0.6) is 0 Å². The van der Waals surface area contributed by atoms with Crippen LogP contribution in [-0.2, 0) is 5.54 Å². The van der Waals surface area contributed by atoms with E-state index in [0.29, 0.717) is 0 Å². The Balaban J connectivity index is 2.50. The average Bonchev–Trinajstić information content (AvgIpc) is 2.85. The number of benzene rings is 1. The van der Waals surface area contributed by atoms with Crippen molar-refractivity contribution in [3.05, 3.63) is 35.4 Å². The maximum Gasteiger partial charge on any atom is 0.0995 e. The first kappa shape index (κ1) is 7.33. The predicted octanol–water partition coefficient (Wildman–Crippen LogP) is 1.51. The van der Waals surface area contributed by atoms with E-state index in [9.17, 15) is 0 Å². The van der Waals surface area contributed by atoms with Crippen LogP contribution in [0, 0.1) is 11.3 Å². The van der Waals surface area contributed by atoms with Gasteiger partial charge in [0, 0.05) is 5.54 Å². The lowest BCUT2D eigenvalue weighted by atomic mass is 10.0. The van der Waals surface area contributed by atoms with Crippen LogP contribution in [0.1, 0.15) is 24.0 Å². The quantitative estimate of drug-likeness (QED) is 0.673. The smallest absolute Gasteiger partial charge is 0.0995 e. The van der Waals surface area contributed by atoms with Crippen LogP contribution in [0.15, 0.2) is 24.3 Å². The monoisotopic (exact) mass is 158 g/mol. The van der Waals surface area contributed by atoms with Crippen molar-refractivity contribution in [1.82, 2.24) is 0 Å². The van der Waals surface area contributed by atoms with Crippen LogP contribution in [0.25, 0.3) is 0 Å². The molecule has 0 unspecified atom stereocenters. The highest BCUT2D eigenvalue weighted by molar-refractivity contribution is 5.44. The van der Waals surface area contributed by atoms with Gasteiger partial charge < -0.3 is 5.73 Å². The van der Waals surface area contributed by atoms with E-state index in [1.807, 2.05) is 24.3 Å². The molecule has 0 bridgehead atoms. The fourth-order valence-corrected chi connectivity index (χ4v) is 1.42. The molecular formula is C10H10N2. The summed E-state index contributed by atoms with van der Waals surface area (Å²) in [6.07, 6.45) is 2.01. The summed E-state index contributed by atoms with van der Waals surface area (Å²) < 4.78 is 0. The van der Waals surface area contributed by atoms with Crippen LogP contribution in [0.4, 0.5) is 0 Å². The number of rotatable bonds is 1. The van der Waals surface area contributed by atoms with Crippen LogP contribution < -0.4 is 5.73 Å². The molecule has 1 aliphatic rings. The largest absolute Gasteiger partial charge is 0.321 e. The lowest BCUT2D eigenvalue weighted by Gasteiger charge is -2.09. The molecule has 0 atom stereocenters. The van der Waals surface area contributed by atoms with Crippen LogP contribution >= 0.6 is 0 Å². The Kier molecular flexibility index (Phi) is 1.42. The molecule has 0 radical (unpaired) electrons. The average molecular weight is 158 g/mol. The van der Waals surface area contributed by atoms with Crippen molar-refractivity contribution >= 4 is 0 Å². The summed E-state index contributed by atoms with van der Waals surface area (Å²) in [5, 5.41) is 8.80.